The molecule has 1 unspecified atom stereocenters. The first-order valence-electron chi connectivity index (χ1n) is 9.55. The van der Waals surface area contributed by atoms with Crippen molar-refractivity contribution in [2.75, 3.05) is 38.6 Å². The summed E-state index contributed by atoms with van der Waals surface area (Å²) in [7, 11) is -4.55. The first kappa shape index (κ1) is 20.0. The van der Waals surface area contributed by atoms with E-state index in [2.05, 4.69) is 0 Å². The van der Waals surface area contributed by atoms with Gasteiger partial charge in [-0.15, -0.1) is 0 Å². The van der Waals surface area contributed by atoms with Crippen molar-refractivity contribution in [2.24, 2.45) is 0 Å². The number of hydrogen-bond donors (Lipinski definition) is 0. The third-order valence-electron chi connectivity index (χ3n) is 5.31. The van der Waals surface area contributed by atoms with Gasteiger partial charge in [0.1, 0.15) is 12.0 Å². The molecule has 0 aromatic heterocycles. The zero-order chi connectivity index (χ0) is 20.4. The molecule has 1 aliphatic carbocycles. The maximum absolute atomic E-state index is 13.1. The Hall–Kier alpha value is -2.26. The Morgan fingerprint density at radius 3 is 2.17 bits per heavy atom. The number of rotatable bonds is 6. The Labute approximate surface area is 170 Å². The van der Waals surface area contributed by atoms with Gasteiger partial charge in [-0.05, 0) is 22.3 Å². The van der Waals surface area contributed by atoms with Crippen LogP contribution in [-0.4, -0.2) is 68.5 Å². The number of benzene rings is 2. The van der Waals surface area contributed by atoms with Gasteiger partial charge in [0.2, 0.25) is 0 Å². The van der Waals surface area contributed by atoms with Crippen molar-refractivity contribution in [3.05, 3.63) is 59.7 Å². The van der Waals surface area contributed by atoms with Gasteiger partial charge in [-0.25, -0.2) is 8.42 Å². The zero-order valence-electron chi connectivity index (χ0n) is 15.8. The van der Waals surface area contributed by atoms with Gasteiger partial charge in [0.05, 0.1) is 29.1 Å². The minimum Gasteiger partial charge on any atom is -0.748 e. The molecule has 1 heterocycles. The SMILES string of the molecule is O=C(OC(CN1CCOCC1)CS(=O)(=O)[O-])C1c2ccccc2-c2ccccc21. The average Bonchev–Trinajstić information content (AvgIpc) is 3.02. The number of nitrogens with zero attached hydrogens (tertiary/aromatic N) is 1. The molecule has 4 rings (SSSR count). The molecule has 0 bridgehead atoms. The Kier molecular flexibility index (Phi) is 5.69. The predicted molar refractivity (Wildman–Crippen MR) is 105 cm³/mol. The first-order chi connectivity index (χ1) is 13.9. The van der Waals surface area contributed by atoms with Crippen LogP contribution in [0.25, 0.3) is 11.1 Å². The van der Waals surface area contributed by atoms with Crippen LogP contribution in [0.15, 0.2) is 48.5 Å². The summed E-state index contributed by atoms with van der Waals surface area (Å²) in [5.74, 6) is -1.92. The molecule has 1 saturated heterocycles. The molecule has 1 aliphatic heterocycles. The number of morpholine rings is 1. The molecule has 2 aromatic carbocycles. The van der Waals surface area contributed by atoms with E-state index in [9.17, 15) is 17.8 Å². The maximum atomic E-state index is 13.1. The molecule has 8 heteroatoms. The fourth-order valence-electron chi connectivity index (χ4n) is 4.07. The topological polar surface area (TPSA) is 96.0 Å². The van der Waals surface area contributed by atoms with E-state index in [-0.39, 0.29) is 6.54 Å². The number of carbonyl (C=O) groups is 1. The molecule has 29 heavy (non-hydrogen) atoms. The minimum atomic E-state index is -4.55. The lowest BCUT2D eigenvalue weighted by atomic mass is 9.97. The van der Waals surface area contributed by atoms with Crippen LogP contribution in [0.4, 0.5) is 0 Å². The van der Waals surface area contributed by atoms with Crippen LogP contribution < -0.4 is 0 Å². The summed E-state index contributed by atoms with van der Waals surface area (Å²) in [6.45, 7) is 2.43. The monoisotopic (exact) mass is 416 g/mol. The minimum absolute atomic E-state index is 0.187. The van der Waals surface area contributed by atoms with Crippen LogP contribution in [0, 0.1) is 0 Å². The van der Waals surface area contributed by atoms with Gasteiger partial charge in [0.15, 0.2) is 0 Å². The fourth-order valence-corrected chi connectivity index (χ4v) is 4.69. The van der Waals surface area contributed by atoms with Crippen molar-refractivity contribution in [3.63, 3.8) is 0 Å². The van der Waals surface area contributed by atoms with Crippen LogP contribution >= 0.6 is 0 Å². The Balaban J connectivity index is 1.58. The first-order valence-corrected chi connectivity index (χ1v) is 11.1. The van der Waals surface area contributed by atoms with Gasteiger partial charge < -0.3 is 14.0 Å². The van der Waals surface area contributed by atoms with Crippen molar-refractivity contribution < 1.29 is 27.2 Å². The van der Waals surface area contributed by atoms with Crippen molar-refractivity contribution in [1.82, 2.24) is 4.90 Å². The molecule has 2 aliphatic rings. The van der Waals surface area contributed by atoms with E-state index in [1.807, 2.05) is 53.4 Å². The van der Waals surface area contributed by atoms with Gasteiger partial charge in [0, 0.05) is 19.6 Å². The molecule has 1 fully saturated rings. The van der Waals surface area contributed by atoms with Crippen LogP contribution in [-0.2, 0) is 24.4 Å². The van der Waals surface area contributed by atoms with Crippen molar-refractivity contribution in [3.8, 4) is 11.1 Å². The van der Waals surface area contributed by atoms with Crippen molar-refractivity contribution in [1.29, 1.82) is 0 Å². The van der Waals surface area contributed by atoms with E-state index in [4.69, 9.17) is 9.47 Å². The Morgan fingerprint density at radius 2 is 1.62 bits per heavy atom. The van der Waals surface area contributed by atoms with Gasteiger partial charge in [-0.3, -0.25) is 9.69 Å². The molecule has 0 saturated carbocycles. The normalized spacial score (nSPS) is 18.1. The Bertz CT molecular complexity index is 954. The predicted octanol–water partition coefficient (Wildman–Crippen LogP) is 1.59. The second kappa shape index (κ2) is 8.23. The summed E-state index contributed by atoms with van der Waals surface area (Å²) in [5.41, 5.74) is 3.58. The van der Waals surface area contributed by atoms with Crippen LogP contribution in [0.1, 0.15) is 17.0 Å². The lowest BCUT2D eigenvalue weighted by Gasteiger charge is -2.31. The van der Waals surface area contributed by atoms with Crippen LogP contribution in [0.5, 0.6) is 0 Å². The van der Waals surface area contributed by atoms with Crippen LogP contribution in [0.2, 0.25) is 0 Å². The van der Waals surface area contributed by atoms with Crippen molar-refractivity contribution in [2.45, 2.75) is 12.0 Å². The van der Waals surface area contributed by atoms with E-state index >= 15 is 0 Å². The highest BCUT2D eigenvalue weighted by molar-refractivity contribution is 7.85. The molecule has 154 valence electrons. The fraction of sp³-hybridized carbons (Fsp3) is 0.381. The summed E-state index contributed by atoms with van der Waals surface area (Å²) in [6.07, 6.45) is -1.02. The third kappa shape index (κ3) is 4.51. The summed E-state index contributed by atoms with van der Waals surface area (Å²) >= 11 is 0. The second-order valence-corrected chi connectivity index (χ2v) is 8.75. The van der Waals surface area contributed by atoms with Gasteiger partial charge >= 0.3 is 5.97 Å². The number of hydrogen-bond acceptors (Lipinski definition) is 7. The summed E-state index contributed by atoms with van der Waals surface area (Å²) < 4.78 is 45.1. The van der Waals surface area contributed by atoms with E-state index in [0.29, 0.717) is 26.3 Å². The zero-order valence-corrected chi connectivity index (χ0v) is 16.6. The number of fused-ring (bicyclic) bond motifs is 3. The lowest BCUT2D eigenvalue weighted by molar-refractivity contribution is -0.150. The third-order valence-corrected chi connectivity index (χ3v) is 6.09. The van der Waals surface area contributed by atoms with E-state index in [1.165, 1.54) is 0 Å². The average molecular weight is 416 g/mol. The molecule has 0 amide bonds. The van der Waals surface area contributed by atoms with Gasteiger partial charge in [-0.1, -0.05) is 48.5 Å². The van der Waals surface area contributed by atoms with E-state index in [1.54, 1.807) is 0 Å². The van der Waals surface area contributed by atoms with E-state index in [0.717, 1.165) is 22.3 Å². The van der Waals surface area contributed by atoms with Crippen molar-refractivity contribution >= 4 is 16.1 Å². The smallest absolute Gasteiger partial charge is 0.318 e. The molecule has 0 spiro atoms. The van der Waals surface area contributed by atoms with E-state index < -0.39 is 33.9 Å². The number of ether oxygens (including phenoxy) is 2. The lowest BCUT2D eigenvalue weighted by Crippen LogP contribution is -2.44. The largest absolute Gasteiger partial charge is 0.748 e. The van der Waals surface area contributed by atoms with Gasteiger partial charge in [0.25, 0.3) is 0 Å². The molecule has 0 radical (unpaired) electrons. The molecule has 7 nitrogen and oxygen atoms in total. The highest BCUT2D eigenvalue weighted by atomic mass is 32.2. The standard InChI is InChI=1S/C21H23NO6S/c23-21(28-15(14-29(24,25)26)13-22-9-11-27-12-10-22)20-18-7-3-1-5-16(18)17-6-2-4-8-19(17)20/h1-8,15,20H,9-14H2,(H,24,25,26)/p-1. The number of carbonyl (C=O) groups excluding carboxylic acids is 1. The Morgan fingerprint density at radius 1 is 1.07 bits per heavy atom. The highest BCUT2D eigenvalue weighted by Crippen LogP contribution is 2.45. The number of esters is 1. The molecular formula is C21H22NO6S-. The highest BCUT2D eigenvalue weighted by Gasteiger charge is 2.36. The molecular weight excluding hydrogens is 394 g/mol. The maximum Gasteiger partial charge on any atom is 0.318 e. The molecule has 1 atom stereocenters. The van der Waals surface area contributed by atoms with Crippen LogP contribution in [0.3, 0.4) is 0 Å². The summed E-state index contributed by atoms with van der Waals surface area (Å²) in [6, 6.07) is 15.2. The quantitative estimate of drug-likeness (QED) is 0.521. The molecule has 0 N–H and O–H groups in total. The van der Waals surface area contributed by atoms with Gasteiger partial charge in [-0.2, -0.15) is 0 Å². The summed E-state index contributed by atoms with van der Waals surface area (Å²) in [5, 5.41) is 0. The summed E-state index contributed by atoms with van der Waals surface area (Å²) in [4.78, 5) is 15.1. The molecule has 2 aromatic rings. The second-order valence-electron chi connectivity index (χ2n) is 7.30.